The van der Waals surface area contributed by atoms with Gasteiger partial charge in [0.2, 0.25) is 5.89 Å². The molecule has 0 radical (unpaired) electrons. The monoisotopic (exact) mass is 461 g/mol. The summed E-state index contributed by atoms with van der Waals surface area (Å²) in [5.41, 5.74) is 3.19. The molecule has 0 bridgehead atoms. The lowest BCUT2D eigenvalue weighted by molar-refractivity contribution is 0.102. The molecule has 0 saturated carbocycles. The highest BCUT2D eigenvalue weighted by molar-refractivity contribution is 7.92. The number of anilines is 1. The van der Waals surface area contributed by atoms with Gasteiger partial charge >= 0.3 is 6.01 Å². The van der Waals surface area contributed by atoms with Crippen LogP contribution in [0.4, 0.5) is 6.01 Å². The van der Waals surface area contributed by atoms with Gasteiger partial charge in [-0.2, -0.15) is 0 Å². The first-order chi connectivity index (χ1) is 15.8. The van der Waals surface area contributed by atoms with E-state index in [0.29, 0.717) is 11.1 Å². The molecule has 0 aliphatic rings. The Morgan fingerprint density at radius 3 is 2.30 bits per heavy atom. The SMILES string of the molecule is CC(C)S(=O)(=O)c1cccc(-c2nnc(NC(=O)c3ccc(Cc4ccccc4)cc3)o2)c1. The summed E-state index contributed by atoms with van der Waals surface area (Å²) in [6, 6.07) is 23.6. The van der Waals surface area contributed by atoms with Crippen molar-refractivity contribution in [3.63, 3.8) is 0 Å². The van der Waals surface area contributed by atoms with Gasteiger partial charge in [0.05, 0.1) is 10.1 Å². The molecule has 1 amide bonds. The number of aromatic nitrogens is 2. The van der Waals surface area contributed by atoms with Gasteiger partial charge in [0.15, 0.2) is 9.84 Å². The van der Waals surface area contributed by atoms with Crippen molar-refractivity contribution in [2.45, 2.75) is 30.4 Å². The Morgan fingerprint density at radius 1 is 0.909 bits per heavy atom. The van der Waals surface area contributed by atoms with Crippen molar-refractivity contribution in [1.29, 1.82) is 0 Å². The van der Waals surface area contributed by atoms with Crippen LogP contribution in [-0.4, -0.2) is 29.8 Å². The lowest BCUT2D eigenvalue weighted by atomic mass is 10.0. The zero-order valence-corrected chi connectivity index (χ0v) is 19.0. The highest BCUT2D eigenvalue weighted by Gasteiger charge is 2.21. The van der Waals surface area contributed by atoms with E-state index in [1.54, 1.807) is 38.1 Å². The van der Waals surface area contributed by atoms with E-state index < -0.39 is 15.1 Å². The summed E-state index contributed by atoms with van der Waals surface area (Å²) in [4.78, 5) is 12.7. The van der Waals surface area contributed by atoms with E-state index in [0.717, 1.165) is 12.0 Å². The summed E-state index contributed by atoms with van der Waals surface area (Å²) >= 11 is 0. The summed E-state index contributed by atoms with van der Waals surface area (Å²) in [6.07, 6.45) is 0.779. The van der Waals surface area contributed by atoms with Gasteiger partial charge in [0.25, 0.3) is 5.91 Å². The predicted octanol–water partition coefficient (Wildman–Crippen LogP) is 4.76. The number of hydrogen-bond acceptors (Lipinski definition) is 6. The van der Waals surface area contributed by atoms with Crippen LogP contribution < -0.4 is 5.32 Å². The zero-order chi connectivity index (χ0) is 23.4. The molecule has 7 nitrogen and oxygen atoms in total. The summed E-state index contributed by atoms with van der Waals surface area (Å²) < 4.78 is 30.4. The van der Waals surface area contributed by atoms with E-state index in [1.165, 1.54) is 17.7 Å². The second-order valence-corrected chi connectivity index (χ2v) is 10.4. The largest absolute Gasteiger partial charge is 0.403 e. The molecule has 0 atom stereocenters. The van der Waals surface area contributed by atoms with E-state index in [9.17, 15) is 13.2 Å². The number of nitrogens with one attached hydrogen (secondary N) is 1. The first kappa shape index (κ1) is 22.4. The van der Waals surface area contributed by atoms with Crippen molar-refractivity contribution >= 4 is 21.8 Å². The average Bonchev–Trinajstić information content (AvgIpc) is 3.28. The molecule has 0 aliphatic carbocycles. The van der Waals surface area contributed by atoms with Gasteiger partial charge in [-0.1, -0.05) is 53.6 Å². The quantitative estimate of drug-likeness (QED) is 0.426. The number of nitrogens with zero attached hydrogens (tertiary/aromatic N) is 2. The van der Waals surface area contributed by atoms with Crippen molar-refractivity contribution in [1.82, 2.24) is 10.2 Å². The number of amides is 1. The van der Waals surface area contributed by atoms with Crippen molar-refractivity contribution in [3.8, 4) is 11.5 Å². The second-order valence-electron chi connectivity index (χ2n) is 7.85. The minimum atomic E-state index is -3.44. The van der Waals surface area contributed by atoms with Crippen LogP contribution in [-0.2, 0) is 16.3 Å². The molecule has 1 heterocycles. The van der Waals surface area contributed by atoms with Crippen LogP contribution in [0, 0.1) is 0 Å². The molecule has 4 rings (SSSR count). The molecule has 0 unspecified atom stereocenters. The van der Waals surface area contributed by atoms with Gasteiger partial charge in [-0.25, -0.2) is 8.42 Å². The maximum absolute atomic E-state index is 12.6. The first-order valence-corrected chi connectivity index (χ1v) is 12.0. The van der Waals surface area contributed by atoms with Crippen LogP contribution in [0.2, 0.25) is 0 Å². The minimum absolute atomic E-state index is 0.0690. The number of sulfone groups is 1. The Bertz CT molecular complexity index is 1360. The maximum Gasteiger partial charge on any atom is 0.322 e. The second kappa shape index (κ2) is 9.38. The molecule has 0 saturated heterocycles. The molecule has 0 fully saturated rings. The number of benzene rings is 3. The van der Waals surface area contributed by atoms with E-state index >= 15 is 0 Å². The molecule has 8 heteroatoms. The molecule has 33 heavy (non-hydrogen) atoms. The zero-order valence-electron chi connectivity index (χ0n) is 18.2. The maximum atomic E-state index is 12.6. The molecule has 4 aromatic rings. The van der Waals surface area contributed by atoms with Crippen molar-refractivity contribution in [2.24, 2.45) is 0 Å². The third kappa shape index (κ3) is 5.18. The predicted molar refractivity (Wildman–Crippen MR) is 126 cm³/mol. The molecule has 0 aliphatic heterocycles. The van der Waals surface area contributed by atoms with Gasteiger partial charge in [-0.15, -0.1) is 5.10 Å². The Morgan fingerprint density at radius 2 is 1.61 bits per heavy atom. The van der Waals surface area contributed by atoms with Crippen molar-refractivity contribution < 1.29 is 17.6 Å². The number of carbonyl (C=O) groups excluding carboxylic acids is 1. The molecule has 1 aromatic heterocycles. The number of carbonyl (C=O) groups is 1. The Hall–Kier alpha value is -3.78. The van der Waals surface area contributed by atoms with E-state index in [4.69, 9.17) is 4.42 Å². The van der Waals surface area contributed by atoms with Gasteiger partial charge in [-0.05, 0) is 61.7 Å². The third-order valence-electron chi connectivity index (χ3n) is 5.14. The topological polar surface area (TPSA) is 102 Å². The van der Waals surface area contributed by atoms with Crippen LogP contribution in [0.15, 0.2) is 88.2 Å². The molecular weight excluding hydrogens is 438 g/mol. The van der Waals surface area contributed by atoms with Crippen LogP contribution in [0.5, 0.6) is 0 Å². The Kier molecular flexibility index (Phi) is 6.37. The molecule has 1 N–H and O–H groups in total. The highest BCUT2D eigenvalue weighted by Crippen LogP contribution is 2.25. The minimum Gasteiger partial charge on any atom is -0.403 e. The van der Waals surface area contributed by atoms with E-state index in [-0.39, 0.29) is 22.7 Å². The Labute approximate surface area is 192 Å². The lowest BCUT2D eigenvalue weighted by Gasteiger charge is -2.08. The first-order valence-electron chi connectivity index (χ1n) is 10.4. The number of hydrogen-bond donors (Lipinski definition) is 1. The van der Waals surface area contributed by atoms with Crippen LogP contribution >= 0.6 is 0 Å². The van der Waals surface area contributed by atoms with Crippen LogP contribution in [0.25, 0.3) is 11.5 Å². The molecule has 3 aromatic carbocycles. The fourth-order valence-electron chi connectivity index (χ4n) is 3.24. The lowest BCUT2D eigenvalue weighted by Crippen LogP contribution is -2.13. The summed E-state index contributed by atoms with van der Waals surface area (Å²) in [6.45, 7) is 3.24. The smallest absolute Gasteiger partial charge is 0.322 e. The summed E-state index contributed by atoms with van der Waals surface area (Å²) in [5.74, 6) is -0.267. The van der Waals surface area contributed by atoms with Crippen molar-refractivity contribution in [2.75, 3.05) is 5.32 Å². The Balaban J connectivity index is 1.45. The van der Waals surface area contributed by atoms with E-state index in [2.05, 4.69) is 27.6 Å². The standard InChI is InChI=1S/C25H23N3O4S/c1-17(2)33(30,31)22-10-6-9-21(16-22)24-27-28-25(32-24)26-23(29)20-13-11-19(12-14-20)15-18-7-4-3-5-8-18/h3-14,16-17H,15H2,1-2H3,(H,26,28,29). The van der Waals surface area contributed by atoms with Crippen molar-refractivity contribution in [3.05, 3.63) is 95.6 Å². The number of rotatable bonds is 7. The van der Waals surface area contributed by atoms with Gasteiger partial charge in [0.1, 0.15) is 0 Å². The third-order valence-corrected chi connectivity index (χ3v) is 7.29. The summed E-state index contributed by atoms with van der Waals surface area (Å²) in [7, 11) is -3.44. The average molecular weight is 462 g/mol. The van der Waals surface area contributed by atoms with Crippen LogP contribution in [0.3, 0.4) is 0 Å². The fourth-order valence-corrected chi connectivity index (χ4v) is 4.35. The van der Waals surface area contributed by atoms with Crippen LogP contribution in [0.1, 0.15) is 35.3 Å². The molecule has 168 valence electrons. The van der Waals surface area contributed by atoms with Gasteiger partial charge < -0.3 is 4.42 Å². The highest BCUT2D eigenvalue weighted by atomic mass is 32.2. The molecule has 0 spiro atoms. The normalized spacial score (nSPS) is 11.5. The van der Waals surface area contributed by atoms with Gasteiger partial charge in [0, 0.05) is 11.1 Å². The summed E-state index contributed by atoms with van der Waals surface area (Å²) in [5, 5.41) is 9.83. The van der Waals surface area contributed by atoms with Gasteiger partial charge in [-0.3, -0.25) is 10.1 Å². The fraction of sp³-hybridized carbons (Fsp3) is 0.160. The molecular formula is C25H23N3O4S. The van der Waals surface area contributed by atoms with E-state index in [1.807, 2.05) is 30.3 Å².